The van der Waals surface area contributed by atoms with Gasteiger partial charge in [-0.3, -0.25) is 0 Å². The fourth-order valence-corrected chi connectivity index (χ4v) is 3.13. The largest absolute Gasteiger partial charge is 0.493 e. The van der Waals surface area contributed by atoms with Crippen LogP contribution in [0, 0.1) is 6.92 Å². The Bertz CT molecular complexity index is 545. The summed E-state index contributed by atoms with van der Waals surface area (Å²) in [6.45, 7) is 2.79. The monoisotopic (exact) mass is 246 g/mol. The Morgan fingerprint density at radius 2 is 2.24 bits per heavy atom. The lowest BCUT2D eigenvalue weighted by Crippen LogP contribution is -1.99. The van der Waals surface area contributed by atoms with Gasteiger partial charge in [0, 0.05) is 11.3 Å². The van der Waals surface area contributed by atoms with Crippen LogP contribution in [0.25, 0.3) is 0 Å². The molecule has 2 nitrogen and oxygen atoms in total. The summed E-state index contributed by atoms with van der Waals surface area (Å²) in [6.07, 6.45) is 0.431. The Morgan fingerprint density at radius 1 is 1.35 bits per heavy atom. The van der Waals surface area contributed by atoms with Crippen molar-refractivity contribution in [3.8, 4) is 5.75 Å². The lowest BCUT2D eigenvalue weighted by Gasteiger charge is -2.11. The number of hydrogen-bond acceptors (Lipinski definition) is 3. The number of aliphatic hydroxyl groups is 1. The molecule has 0 saturated heterocycles. The molecule has 2 aromatic rings. The van der Waals surface area contributed by atoms with Gasteiger partial charge in [-0.05, 0) is 47.2 Å². The Kier molecular flexibility index (Phi) is 2.65. The van der Waals surface area contributed by atoms with E-state index in [0.717, 1.165) is 34.8 Å². The molecule has 3 heteroatoms. The molecule has 0 saturated carbocycles. The molecule has 0 amide bonds. The summed E-state index contributed by atoms with van der Waals surface area (Å²) in [7, 11) is 0. The van der Waals surface area contributed by atoms with Gasteiger partial charge in [0.25, 0.3) is 0 Å². The molecule has 17 heavy (non-hydrogen) atoms. The summed E-state index contributed by atoms with van der Waals surface area (Å²) in [6, 6.07) is 8.02. The topological polar surface area (TPSA) is 29.5 Å². The third-order valence-electron chi connectivity index (χ3n) is 3.18. The number of thiophene rings is 1. The van der Waals surface area contributed by atoms with Crippen LogP contribution in [-0.4, -0.2) is 11.7 Å². The summed E-state index contributed by atoms with van der Waals surface area (Å²) >= 11 is 1.60. The summed E-state index contributed by atoms with van der Waals surface area (Å²) in [5.41, 5.74) is 3.31. The van der Waals surface area contributed by atoms with E-state index >= 15 is 0 Å². The lowest BCUT2D eigenvalue weighted by molar-refractivity contribution is 0.223. The van der Waals surface area contributed by atoms with Crippen molar-refractivity contribution >= 4 is 11.3 Å². The highest BCUT2D eigenvalue weighted by Gasteiger charge is 2.18. The quantitative estimate of drug-likeness (QED) is 0.882. The minimum atomic E-state index is -0.513. The highest BCUT2D eigenvalue weighted by Crippen LogP contribution is 2.33. The highest BCUT2D eigenvalue weighted by atomic mass is 32.1. The van der Waals surface area contributed by atoms with E-state index in [9.17, 15) is 5.11 Å². The van der Waals surface area contributed by atoms with E-state index in [0.29, 0.717) is 0 Å². The van der Waals surface area contributed by atoms with Crippen LogP contribution in [0.15, 0.2) is 29.6 Å². The van der Waals surface area contributed by atoms with Gasteiger partial charge in [-0.25, -0.2) is 0 Å². The van der Waals surface area contributed by atoms with Crippen molar-refractivity contribution < 1.29 is 9.84 Å². The molecule has 1 aromatic heterocycles. The zero-order chi connectivity index (χ0) is 11.8. The van der Waals surface area contributed by atoms with E-state index in [1.165, 1.54) is 5.56 Å². The molecular formula is C14H14O2S. The summed E-state index contributed by atoms with van der Waals surface area (Å²) < 4.78 is 5.47. The van der Waals surface area contributed by atoms with Crippen LogP contribution in [-0.2, 0) is 6.42 Å². The zero-order valence-electron chi connectivity index (χ0n) is 9.64. The Hall–Kier alpha value is -1.32. The number of benzene rings is 1. The predicted molar refractivity (Wildman–Crippen MR) is 68.8 cm³/mol. The average Bonchev–Trinajstić information content (AvgIpc) is 2.95. The van der Waals surface area contributed by atoms with Crippen LogP contribution in [0.5, 0.6) is 5.75 Å². The van der Waals surface area contributed by atoms with Crippen molar-refractivity contribution in [3.05, 3.63) is 51.2 Å². The van der Waals surface area contributed by atoms with Gasteiger partial charge in [0.1, 0.15) is 11.9 Å². The van der Waals surface area contributed by atoms with E-state index in [-0.39, 0.29) is 0 Å². The molecule has 0 aliphatic carbocycles. The maximum atomic E-state index is 10.4. The standard InChI is InChI=1S/C14H14O2S/c1-9-5-7-17-14(9)13(15)11-2-3-12-10(8-11)4-6-16-12/h2-3,5,7-8,13,15H,4,6H2,1H3. The SMILES string of the molecule is Cc1ccsc1C(O)c1ccc2c(c1)CCO2. The summed E-state index contributed by atoms with van der Waals surface area (Å²) in [5, 5.41) is 12.4. The highest BCUT2D eigenvalue weighted by molar-refractivity contribution is 7.10. The maximum absolute atomic E-state index is 10.4. The van der Waals surface area contributed by atoms with Gasteiger partial charge in [-0.2, -0.15) is 0 Å². The predicted octanol–water partition coefficient (Wildman–Crippen LogP) is 3.07. The molecule has 0 bridgehead atoms. The smallest absolute Gasteiger partial charge is 0.122 e. The number of ether oxygens (including phenoxy) is 1. The van der Waals surface area contributed by atoms with E-state index in [1.54, 1.807) is 11.3 Å². The maximum Gasteiger partial charge on any atom is 0.122 e. The number of fused-ring (bicyclic) bond motifs is 1. The van der Waals surface area contributed by atoms with Crippen LogP contribution in [0.2, 0.25) is 0 Å². The van der Waals surface area contributed by atoms with Crippen LogP contribution in [0.3, 0.4) is 0 Å². The molecule has 0 spiro atoms. The molecule has 3 rings (SSSR count). The van der Waals surface area contributed by atoms with Crippen LogP contribution < -0.4 is 4.74 Å². The van der Waals surface area contributed by atoms with E-state index in [4.69, 9.17) is 4.74 Å². The molecular weight excluding hydrogens is 232 g/mol. The first-order valence-electron chi connectivity index (χ1n) is 5.73. The Morgan fingerprint density at radius 3 is 3.00 bits per heavy atom. The first kappa shape index (κ1) is 10.8. The summed E-state index contributed by atoms with van der Waals surface area (Å²) in [5.74, 6) is 0.962. The number of aryl methyl sites for hydroxylation is 1. The fourth-order valence-electron chi connectivity index (χ4n) is 2.19. The van der Waals surface area contributed by atoms with Gasteiger partial charge in [-0.15, -0.1) is 11.3 Å². The van der Waals surface area contributed by atoms with Crippen LogP contribution in [0.1, 0.15) is 27.7 Å². The molecule has 1 atom stereocenters. The fraction of sp³-hybridized carbons (Fsp3) is 0.286. The second-order valence-electron chi connectivity index (χ2n) is 4.34. The van der Waals surface area contributed by atoms with Gasteiger partial charge in [0.2, 0.25) is 0 Å². The molecule has 0 radical (unpaired) electrons. The van der Waals surface area contributed by atoms with Crippen LogP contribution in [0.4, 0.5) is 0 Å². The minimum Gasteiger partial charge on any atom is -0.493 e. The van der Waals surface area contributed by atoms with Gasteiger partial charge in [0.05, 0.1) is 6.61 Å². The Balaban J connectivity index is 1.97. The van der Waals surface area contributed by atoms with Gasteiger partial charge >= 0.3 is 0 Å². The molecule has 2 heterocycles. The number of aliphatic hydroxyl groups excluding tert-OH is 1. The van der Waals surface area contributed by atoms with Crippen molar-refractivity contribution in [2.75, 3.05) is 6.61 Å². The summed E-state index contributed by atoms with van der Waals surface area (Å²) in [4.78, 5) is 1.03. The number of rotatable bonds is 2. The minimum absolute atomic E-state index is 0.513. The van der Waals surface area contributed by atoms with Crippen molar-refractivity contribution in [1.82, 2.24) is 0 Å². The number of hydrogen-bond donors (Lipinski definition) is 1. The lowest BCUT2D eigenvalue weighted by atomic mass is 10.0. The van der Waals surface area contributed by atoms with Gasteiger partial charge in [0.15, 0.2) is 0 Å². The van der Waals surface area contributed by atoms with Crippen LogP contribution >= 0.6 is 11.3 Å². The molecule has 1 aliphatic rings. The normalized spacial score (nSPS) is 15.4. The van der Waals surface area contributed by atoms with E-state index in [1.807, 2.05) is 30.5 Å². The first-order chi connectivity index (χ1) is 8.25. The molecule has 1 N–H and O–H groups in total. The zero-order valence-corrected chi connectivity index (χ0v) is 10.5. The third-order valence-corrected chi connectivity index (χ3v) is 4.25. The molecule has 1 aliphatic heterocycles. The first-order valence-corrected chi connectivity index (χ1v) is 6.61. The van der Waals surface area contributed by atoms with Gasteiger partial charge in [-0.1, -0.05) is 6.07 Å². The second kappa shape index (κ2) is 4.17. The van der Waals surface area contributed by atoms with Gasteiger partial charge < -0.3 is 9.84 Å². The third kappa shape index (κ3) is 1.85. The van der Waals surface area contributed by atoms with E-state index < -0.39 is 6.10 Å². The molecule has 1 unspecified atom stereocenters. The average molecular weight is 246 g/mol. The van der Waals surface area contributed by atoms with Crippen molar-refractivity contribution in [3.63, 3.8) is 0 Å². The molecule has 1 aromatic carbocycles. The molecule has 0 fully saturated rings. The van der Waals surface area contributed by atoms with Crippen molar-refractivity contribution in [2.45, 2.75) is 19.4 Å². The molecule has 88 valence electrons. The second-order valence-corrected chi connectivity index (χ2v) is 5.28. The van der Waals surface area contributed by atoms with E-state index in [2.05, 4.69) is 6.07 Å². The Labute approximate surface area is 104 Å². The van der Waals surface area contributed by atoms with Crippen molar-refractivity contribution in [2.24, 2.45) is 0 Å². The van der Waals surface area contributed by atoms with Crippen molar-refractivity contribution in [1.29, 1.82) is 0 Å².